The Morgan fingerprint density at radius 1 is 1.06 bits per heavy atom. The van der Waals surface area contributed by atoms with Crippen LogP contribution in [0.15, 0.2) is 40.8 Å². The molecule has 0 atom stereocenters. The van der Waals surface area contributed by atoms with Gasteiger partial charge in [0.25, 0.3) is 0 Å². The monoisotopic (exact) mass is 229 g/mol. The van der Waals surface area contributed by atoms with Gasteiger partial charge >= 0.3 is 0 Å². The molecular weight excluding hydrogens is 210 g/mol. The number of hydrogen-bond acceptors (Lipinski definition) is 2. The second-order valence-corrected chi connectivity index (χ2v) is 4.37. The van der Waals surface area contributed by atoms with Gasteiger partial charge in [-0.25, -0.2) is 0 Å². The number of aryl methyl sites for hydroxylation is 2. The fourth-order valence-electron chi connectivity index (χ4n) is 1.91. The summed E-state index contributed by atoms with van der Waals surface area (Å²) in [6, 6.07) is 12.5. The largest absolute Gasteiger partial charge is 0.465 e. The minimum atomic E-state index is 0.805. The molecule has 17 heavy (non-hydrogen) atoms. The molecule has 0 saturated carbocycles. The van der Waals surface area contributed by atoms with Crippen molar-refractivity contribution in [2.24, 2.45) is 0 Å². The van der Waals surface area contributed by atoms with Crippen LogP contribution in [0.5, 0.6) is 0 Å². The van der Waals surface area contributed by atoms with Crippen molar-refractivity contribution < 1.29 is 4.42 Å². The summed E-state index contributed by atoms with van der Waals surface area (Å²) in [6.07, 6.45) is 1.06. The van der Waals surface area contributed by atoms with E-state index in [4.69, 9.17) is 4.42 Å². The fourth-order valence-corrected chi connectivity index (χ4v) is 1.91. The summed E-state index contributed by atoms with van der Waals surface area (Å²) in [6.45, 7) is 5.91. The van der Waals surface area contributed by atoms with E-state index in [9.17, 15) is 0 Å². The van der Waals surface area contributed by atoms with Gasteiger partial charge < -0.3 is 9.73 Å². The van der Waals surface area contributed by atoms with E-state index in [0.29, 0.717) is 0 Å². The van der Waals surface area contributed by atoms with E-state index < -0.39 is 0 Å². The molecule has 0 aliphatic carbocycles. The predicted octanol–water partition coefficient (Wildman–Crippen LogP) is 3.23. The van der Waals surface area contributed by atoms with Crippen molar-refractivity contribution in [1.29, 1.82) is 0 Å². The lowest BCUT2D eigenvalue weighted by Gasteiger charge is -2.06. The minimum Gasteiger partial charge on any atom is -0.465 e. The third kappa shape index (κ3) is 3.46. The molecule has 0 unspecified atom stereocenters. The van der Waals surface area contributed by atoms with Gasteiger partial charge in [-0.15, -0.1) is 0 Å². The van der Waals surface area contributed by atoms with Crippen molar-refractivity contribution in [2.45, 2.75) is 26.8 Å². The van der Waals surface area contributed by atoms with Gasteiger partial charge in [0.2, 0.25) is 0 Å². The van der Waals surface area contributed by atoms with E-state index >= 15 is 0 Å². The molecule has 0 aliphatic heterocycles. The summed E-state index contributed by atoms with van der Waals surface area (Å²) in [5.74, 6) is 1.98. The first-order chi connectivity index (χ1) is 8.25. The van der Waals surface area contributed by atoms with Crippen LogP contribution in [0, 0.1) is 13.8 Å². The first-order valence-electron chi connectivity index (χ1n) is 6.06. The van der Waals surface area contributed by atoms with Crippen LogP contribution in [0.2, 0.25) is 0 Å². The minimum absolute atomic E-state index is 0.805. The first-order valence-corrected chi connectivity index (χ1v) is 6.06. The topological polar surface area (TPSA) is 25.2 Å². The van der Waals surface area contributed by atoms with Gasteiger partial charge in [-0.05, 0) is 50.1 Å². The summed E-state index contributed by atoms with van der Waals surface area (Å²) in [7, 11) is 0. The zero-order chi connectivity index (χ0) is 12.1. The van der Waals surface area contributed by atoms with Crippen molar-refractivity contribution in [1.82, 2.24) is 5.32 Å². The van der Waals surface area contributed by atoms with Gasteiger partial charge in [-0.1, -0.05) is 24.3 Å². The average molecular weight is 229 g/mol. The summed E-state index contributed by atoms with van der Waals surface area (Å²) in [5.41, 5.74) is 2.78. The van der Waals surface area contributed by atoms with E-state index in [1.54, 1.807) is 0 Å². The molecule has 0 bridgehead atoms. The molecule has 2 aromatic rings. The molecule has 0 amide bonds. The van der Waals surface area contributed by atoms with Crippen LogP contribution < -0.4 is 5.32 Å². The van der Waals surface area contributed by atoms with Crippen molar-refractivity contribution >= 4 is 0 Å². The van der Waals surface area contributed by atoms with Gasteiger partial charge in [0.15, 0.2) is 0 Å². The van der Waals surface area contributed by atoms with Gasteiger partial charge in [0.1, 0.15) is 11.5 Å². The quantitative estimate of drug-likeness (QED) is 0.796. The van der Waals surface area contributed by atoms with Crippen LogP contribution in [0.3, 0.4) is 0 Å². The Morgan fingerprint density at radius 2 is 1.88 bits per heavy atom. The highest BCUT2D eigenvalue weighted by atomic mass is 16.3. The predicted molar refractivity (Wildman–Crippen MR) is 70.0 cm³/mol. The van der Waals surface area contributed by atoms with Gasteiger partial charge in [-0.3, -0.25) is 0 Å². The normalized spacial score (nSPS) is 10.7. The highest BCUT2D eigenvalue weighted by Gasteiger charge is 1.99. The molecule has 90 valence electrons. The third-order valence-corrected chi connectivity index (χ3v) is 2.93. The molecule has 0 radical (unpaired) electrons. The van der Waals surface area contributed by atoms with Gasteiger partial charge in [-0.2, -0.15) is 0 Å². The lowest BCUT2D eigenvalue weighted by molar-refractivity contribution is 0.463. The number of benzene rings is 1. The molecule has 1 aromatic carbocycles. The second kappa shape index (κ2) is 5.69. The van der Waals surface area contributed by atoms with Gasteiger partial charge in [0.05, 0.1) is 6.54 Å². The number of furan rings is 1. The van der Waals surface area contributed by atoms with E-state index in [0.717, 1.165) is 31.0 Å². The molecule has 2 heteroatoms. The Balaban J connectivity index is 1.75. The summed E-state index contributed by atoms with van der Waals surface area (Å²) in [5, 5.41) is 3.40. The van der Waals surface area contributed by atoms with Crippen molar-refractivity contribution in [2.75, 3.05) is 6.54 Å². The van der Waals surface area contributed by atoms with E-state index in [-0.39, 0.29) is 0 Å². The van der Waals surface area contributed by atoms with E-state index in [1.807, 2.05) is 19.1 Å². The van der Waals surface area contributed by atoms with E-state index in [1.165, 1.54) is 11.1 Å². The highest BCUT2D eigenvalue weighted by molar-refractivity contribution is 5.25. The van der Waals surface area contributed by atoms with Crippen molar-refractivity contribution in [3.8, 4) is 0 Å². The molecule has 2 rings (SSSR count). The molecule has 0 saturated heterocycles. The Morgan fingerprint density at radius 3 is 2.59 bits per heavy atom. The first kappa shape index (κ1) is 11.9. The molecule has 1 aromatic heterocycles. The van der Waals surface area contributed by atoms with Crippen LogP contribution in [0.25, 0.3) is 0 Å². The van der Waals surface area contributed by atoms with Crippen LogP contribution in [-0.4, -0.2) is 6.54 Å². The van der Waals surface area contributed by atoms with Crippen LogP contribution in [0.4, 0.5) is 0 Å². The van der Waals surface area contributed by atoms with Crippen molar-refractivity contribution in [3.05, 3.63) is 59.0 Å². The molecule has 0 spiro atoms. The summed E-state index contributed by atoms with van der Waals surface area (Å²) >= 11 is 0. The molecule has 0 aliphatic rings. The standard InChI is InChI=1S/C15H19NO/c1-12-5-3-4-6-14(12)9-10-16-11-15-8-7-13(2)17-15/h3-8,16H,9-11H2,1-2H3. The lowest BCUT2D eigenvalue weighted by Crippen LogP contribution is -2.16. The maximum atomic E-state index is 5.50. The van der Waals surface area contributed by atoms with Crippen LogP contribution >= 0.6 is 0 Å². The Hall–Kier alpha value is -1.54. The zero-order valence-electron chi connectivity index (χ0n) is 10.5. The molecule has 0 fully saturated rings. The molecular formula is C15H19NO. The molecule has 1 heterocycles. The van der Waals surface area contributed by atoms with Gasteiger partial charge in [0, 0.05) is 0 Å². The number of rotatable bonds is 5. The Labute approximate surface area is 103 Å². The second-order valence-electron chi connectivity index (χ2n) is 4.37. The zero-order valence-corrected chi connectivity index (χ0v) is 10.5. The highest BCUT2D eigenvalue weighted by Crippen LogP contribution is 2.08. The van der Waals surface area contributed by atoms with Crippen molar-refractivity contribution in [3.63, 3.8) is 0 Å². The lowest BCUT2D eigenvalue weighted by atomic mass is 10.1. The third-order valence-electron chi connectivity index (χ3n) is 2.93. The van der Waals surface area contributed by atoms with Crippen LogP contribution in [0.1, 0.15) is 22.6 Å². The van der Waals surface area contributed by atoms with Crippen LogP contribution in [-0.2, 0) is 13.0 Å². The summed E-state index contributed by atoms with van der Waals surface area (Å²) < 4.78 is 5.50. The number of hydrogen-bond donors (Lipinski definition) is 1. The Kier molecular flexibility index (Phi) is 3.99. The maximum Gasteiger partial charge on any atom is 0.117 e. The molecule has 2 nitrogen and oxygen atoms in total. The molecule has 1 N–H and O–H groups in total. The van der Waals surface area contributed by atoms with E-state index in [2.05, 4.69) is 36.5 Å². The SMILES string of the molecule is Cc1ccc(CNCCc2ccccc2C)o1. The summed E-state index contributed by atoms with van der Waals surface area (Å²) in [4.78, 5) is 0. The maximum absolute atomic E-state index is 5.50. The smallest absolute Gasteiger partial charge is 0.117 e. The average Bonchev–Trinajstić information content (AvgIpc) is 2.73. The fraction of sp³-hybridized carbons (Fsp3) is 0.333. The Bertz CT molecular complexity index is 473. The number of nitrogens with one attached hydrogen (secondary N) is 1.